The molecule has 3 rings (SSSR count). The number of likely N-dealkylation sites (N-methyl/N-ethyl adjacent to an activating group) is 1. The third-order valence-corrected chi connectivity index (χ3v) is 3.65. The highest BCUT2D eigenvalue weighted by Gasteiger charge is 2.15. The lowest BCUT2D eigenvalue weighted by Crippen LogP contribution is -2.15. The molecule has 0 saturated heterocycles. The summed E-state index contributed by atoms with van der Waals surface area (Å²) >= 11 is 0. The number of para-hydroxylation sites is 1. The lowest BCUT2D eigenvalue weighted by Gasteiger charge is -2.07. The van der Waals surface area contributed by atoms with Gasteiger partial charge in [0.05, 0.1) is 11.1 Å². The number of nitrogens with zero attached hydrogens (tertiary/aromatic N) is 4. The van der Waals surface area contributed by atoms with E-state index in [-0.39, 0.29) is 5.91 Å². The highest BCUT2D eigenvalue weighted by Crippen LogP contribution is 2.22. The number of carbonyl (C=O) groups excluding carboxylic acids is 1. The second kappa shape index (κ2) is 6.07. The van der Waals surface area contributed by atoms with Gasteiger partial charge >= 0.3 is 0 Å². The van der Waals surface area contributed by atoms with Crippen LogP contribution in [0.1, 0.15) is 15.9 Å². The molecule has 3 aromatic rings. The van der Waals surface area contributed by atoms with Gasteiger partial charge in [-0.3, -0.25) is 9.36 Å². The summed E-state index contributed by atoms with van der Waals surface area (Å²) in [5.41, 5.74) is 2.59. The maximum Gasteiger partial charge on any atom is 0.265 e. The number of carbonyl (C=O) groups is 1. The Morgan fingerprint density at radius 1 is 1.18 bits per heavy atom. The van der Waals surface area contributed by atoms with Gasteiger partial charge in [-0.25, -0.2) is 9.97 Å². The maximum absolute atomic E-state index is 12.7. The highest BCUT2D eigenvalue weighted by molar-refractivity contribution is 6.02. The zero-order valence-corrected chi connectivity index (χ0v) is 12.7. The van der Waals surface area contributed by atoms with Crippen LogP contribution >= 0.6 is 0 Å². The molecule has 0 bridgehead atoms. The van der Waals surface area contributed by atoms with E-state index < -0.39 is 0 Å². The van der Waals surface area contributed by atoms with Crippen molar-refractivity contribution in [3.8, 4) is 0 Å². The molecule has 1 aromatic carbocycles. The fourth-order valence-corrected chi connectivity index (χ4v) is 2.51. The van der Waals surface area contributed by atoms with Crippen LogP contribution in [0.5, 0.6) is 0 Å². The summed E-state index contributed by atoms with van der Waals surface area (Å²) in [6.07, 6.45) is 7.35. The number of rotatable bonds is 4. The van der Waals surface area contributed by atoms with Crippen LogP contribution in [0.25, 0.3) is 10.9 Å². The summed E-state index contributed by atoms with van der Waals surface area (Å²) in [5.74, 6) is -0.104. The maximum atomic E-state index is 12.7. The van der Waals surface area contributed by atoms with Gasteiger partial charge in [-0.05, 0) is 32.1 Å². The Morgan fingerprint density at radius 3 is 2.64 bits per heavy atom. The molecular weight excluding hydrogens is 276 g/mol. The first-order valence-corrected chi connectivity index (χ1v) is 7.20. The van der Waals surface area contributed by atoms with Crippen molar-refractivity contribution in [2.45, 2.75) is 6.42 Å². The van der Waals surface area contributed by atoms with Crippen molar-refractivity contribution in [2.24, 2.45) is 0 Å². The van der Waals surface area contributed by atoms with Crippen LogP contribution < -0.4 is 0 Å². The van der Waals surface area contributed by atoms with E-state index in [1.54, 1.807) is 17.0 Å². The minimum absolute atomic E-state index is 0.104. The van der Waals surface area contributed by atoms with Crippen molar-refractivity contribution in [3.63, 3.8) is 0 Å². The fourth-order valence-electron chi connectivity index (χ4n) is 2.51. The molecule has 0 aliphatic rings. The third-order valence-electron chi connectivity index (χ3n) is 3.65. The molecule has 0 atom stereocenters. The Hall–Kier alpha value is -2.53. The minimum Gasteiger partial charge on any atom is -0.309 e. The molecular formula is C17H18N4O. The van der Waals surface area contributed by atoms with Gasteiger partial charge in [-0.2, -0.15) is 0 Å². The van der Waals surface area contributed by atoms with E-state index in [1.807, 2.05) is 38.5 Å². The Bertz CT molecular complexity index is 793. The van der Waals surface area contributed by atoms with E-state index in [4.69, 9.17) is 0 Å². The van der Waals surface area contributed by atoms with Gasteiger partial charge in [0, 0.05) is 30.5 Å². The molecule has 0 fully saturated rings. The molecule has 0 aliphatic heterocycles. The van der Waals surface area contributed by atoms with E-state index in [1.165, 1.54) is 11.9 Å². The van der Waals surface area contributed by atoms with Gasteiger partial charge in [-0.1, -0.05) is 18.2 Å². The molecule has 5 heteroatoms. The first-order valence-electron chi connectivity index (χ1n) is 7.20. The predicted molar refractivity (Wildman–Crippen MR) is 86.0 cm³/mol. The summed E-state index contributed by atoms with van der Waals surface area (Å²) < 4.78 is 1.69. The van der Waals surface area contributed by atoms with Crippen LogP contribution in [0.15, 0.2) is 49.2 Å². The molecule has 0 saturated carbocycles. The normalized spacial score (nSPS) is 11.2. The van der Waals surface area contributed by atoms with Gasteiger partial charge in [0.1, 0.15) is 6.33 Å². The number of hydrogen-bond acceptors (Lipinski definition) is 4. The van der Waals surface area contributed by atoms with E-state index in [0.717, 1.165) is 23.9 Å². The van der Waals surface area contributed by atoms with Crippen LogP contribution in [0.3, 0.4) is 0 Å². The van der Waals surface area contributed by atoms with Crippen LogP contribution in [0, 0.1) is 0 Å². The van der Waals surface area contributed by atoms with Crippen molar-refractivity contribution in [3.05, 3.63) is 60.3 Å². The van der Waals surface area contributed by atoms with Crippen LogP contribution in [-0.4, -0.2) is 46.0 Å². The molecule has 2 aromatic heterocycles. The lowest BCUT2D eigenvalue weighted by molar-refractivity contribution is 0.0964. The van der Waals surface area contributed by atoms with Crippen molar-refractivity contribution >= 4 is 16.8 Å². The van der Waals surface area contributed by atoms with Gasteiger partial charge in [0.25, 0.3) is 5.91 Å². The van der Waals surface area contributed by atoms with Crippen molar-refractivity contribution < 1.29 is 4.79 Å². The molecule has 0 N–H and O–H groups in total. The second-order valence-corrected chi connectivity index (χ2v) is 5.53. The van der Waals surface area contributed by atoms with Gasteiger partial charge < -0.3 is 4.90 Å². The third kappa shape index (κ3) is 2.76. The van der Waals surface area contributed by atoms with Gasteiger partial charge in [0.2, 0.25) is 0 Å². The topological polar surface area (TPSA) is 51.0 Å². The molecule has 0 radical (unpaired) electrons. The molecule has 0 unspecified atom stereocenters. The van der Waals surface area contributed by atoms with Gasteiger partial charge in [-0.15, -0.1) is 0 Å². The summed E-state index contributed by atoms with van der Waals surface area (Å²) in [7, 11) is 4.09. The number of benzene rings is 1. The van der Waals surface area contributed by atoms with Crippen molar-refractivity contribution in [1.82, 2.24) is 19.4 Å². The van der Waals surface area contributed by atoms with Crippen molar-refractivity contribution in [1.29, 1.82) is 0 Å². The van der Waals surface area contributed by atoms with Crippen LogP contribution in [0.4, 0.5) is 0 Å². The largest absolute Gasteiger partial charge is 0.309 e. The van der Waals surface area contributed by atoms with Crippen LogP contribution in [-0.2, 0) is 6.42 Å². The van der Waals surface area contributed by atoms with Gasteiger partial charge in [0.15, 0.2) is 0 Å². The van der Waals surface area contributed by atoms with Crippen LogP contribution in [0.2, 0.25) is 0 Å². The second-order valence-electron chi connectivity index (χ2n) is 5.53. The number of fused-ring (bicyclic) bond motifs is 1. The monoisotopic (exact) mass is 294 g/mol. The molecule has 22 heavy (non-hydrogen) atoms. The van der Waals surface area contributed by atoms with E-state index in [9.17, 15) is 4.79 Å². The SMILES string of the molecule is CN(C)CCc1cn(C(=O)c2cncnc2)c2ccccc12. The Kier molecular flexibility index (Phi) is 3.98. The summed E-state index contributed by atoms with van der Waals surface area (Å²) in [4.78, 5) is 22.7. The van der Waals surface area contributed by atoms with E-state index in [2.05, 4.69) is 20.9 Å². The molecule has 5 nitrogen and oxygen atoms in total. The summed E-state index contributed by atoms with van der Waals surface area (Å²) in [6.45, 7) is 0.941. The highest BCUT2D eigenvalue weighted by atomic mass is 16.2. The zero-order valence-electron chi connectivity index (χ0n) is 12.7. The first kappa shape index (κ1) is 14.4. The molecule has 0 amide bonds. The minimum atomic E-state index is -0.104. The Labute approximate surface area is 129 Å². The standard InChI is InChI=1S/C17H18N4O/c1-20(2)8-7-13-11-21(16-6-4-3-5-15(13)16)17(22)14-9-18-12-19-10-14/h3-6,9-12H,7-8H2,1-2H3. The van der Waals surface area contributed by atoms with Crippen molar-refractivity contribution in [2.75, 3.05) is 20.6 Å². The average molecular weight is 294 g/mol. The lowest BCUT2D eigenvalue weighted by atomic mass is 10.1. The summed E-state index contributed by atoms with van der Waals surface area (Å²) in [6, 6.07) is 7.98. The molecule has 112 valence electrons. The predicted octanol–water partition coefficient (Wildman–Crippen LogP) is 2.22. The summed E-state index contributed by atoms with van der Waals surface area (Å²) in [5, 5.41) is 1.12. The van der Waals surface area contributed by atoms with E-state index >= 15 is 0 Å². The average Bonchev–Trinajstić information content (AvgIpc) is 2.92. The number of aromatic nitrogens is 3. The quantitative estimate of drug-likeness (QED) is 0.740. The smallest absolute Gasteiger partial charge is 0.265 e. The molecule has 0 aliphatic carbocycles. The Balaban J connectivity index is 2.04. The molecule has 2 heterocycles. The molecule has 0 spiro atoms. The fraction of sp³-hybridized carbons (Fsp3) is 0.235. The first-order chi connectivity index (χ1) is 10.7. The van der Waals surface area contributed by atoms with E-state index in [0.29, 0.717) is 5.56 Å². The zero-order chi connectivity index (χ0) is 15.5. The Morgan fingerprint density at radius 2 is 1.91 bits per heavy atom. The number of hydrogen-bond donors (Lipinski definition) is 0.